The smallest absolute Gasteiger partial charge is 0.150 e. The predicted octanol–water partition coefficient (Wildman–Crippen LogP) is 1.69. The molecule has 0 radical (unpaired) electrons. The molecule has 1 heterocycles. The standard InChI is InChI=1S/C10H10N2O/c1-7-10-8(6-13)4-3-5-9(10)11-12(7)2/h3-6H,1-2H3. The molecule has 0 bridgehead atoms. The molecule has 0 N–H and O–H groups in total. The van der Waals surface area contributed by atoms with E-state index in [2.05, 4.69) is 5.10 Å². The van der Waals surface area contributed by atoms with Crippen LogP contribution in [0.25, 0.3) is 10.9 Å². The monoisotopic (exact) mass is 174 g/mol. The first-order valence-electron chi connectivity index (χ1n) is 4.11. The lowest BCUT2D eigenvalue weighted by molar-refractivity contribution is 0.112. The average molecular weight is 174 g/mol. The lowest BCUT2D eigenvalue weighted by Gasteiger charge is -1.94. The third-order valence-electron chi connectivity index (χ3n) is 2.31. The summed E-state index contributed by atoms with van der Waals surface area (Å²) in [7, 11) is 1.88. The summed E-state index contributed by atoms with van der Waals surface area (Å²) in [6.07, 6.45) is 0.872. The van der Waals surface area contributed by atoms with Crippen LogP contribution >= 0.6 is 0 Å². The van der Waals surface area contributed by atoms with Crippen LogP contribution in [0.15, 0.2) is 18.2 Å². The van der Waals surface area contributed by atoms with Gasteiger partial charge in [-0.2, -0.15) is 5.10 Å². The maximum absolute atomic E-state index is 10.7. The summed E-state index contributed by atoms with van der Waals surface area (Å²) in [5, 5.41) is 5.24. The third-order valence-corrected chi connectivity index (χ3v) is 2.31. The van der Waals surface area contributed by atoms with Gasteiger partial charge < -0.3 is 0 Å². The van der Waals surface area contributed by atoms with Crippen LogP contribution < -0.4 is 0 Å². The normalized spacial score (nSPS) is 10.6. The number of carbonyl (C=O) groups is 1. The van der Waals surface area contributed by atoms with Gasteiger partial charge in [-0.25, -0.2) is 0 Å². The second-order valence-corrected chi connectivity index (χ2v) is 3.07. The van der Waals surface area contributed by atoms with Crippen LogP contribution in [-0.2, 0) is 7.05 Å². The topological polar surface area (TPSA) is 34.9 Å². The maximum atomic E-state index is 10.7. The highest BCUT2D eigenvalue weighted by Gasteiger charge is 2.07. The van der Waals surface area contributed by atoms with Crippen LogP contribution in [0.1, 0.15) is 16.1 Å². The average Bonchev–Trinajstić information content (AvgIpc) is 2.43. The van der Waals surface area contributed by atoms with Gasteiger partial charge in [0.05, 0.1) is 5.52 Å². The fourth-order valence-corrected chi connectivity index (χ4v) is 1.53. The molecule has 0 spiro atoms. The molecule has 1 aromatic carbocycles. The van der Waals surface area contributed by atoms with Gasteiger partial charge in [0, 0.05) is 23.7 Å². The van der Waals surface area contributed by atoms with E-state index in [1.165, 1.54) is 0 Å². The van der Waals surface area contributed by atoms with E-state index in [9.17, 15) is 4.79 Å². The molecule has 0 saturated heterocycles. The van der Waals surface area contributed by atoms with Crippen LogP contribution in [0.3, 0.4) is 0 Å². The minimum absolute atomic E-state index is 0.711. The van der Waals surface area contributed by atoms with E-state index in [0.29, 0.717) is 5.56 Å². The van der Waals surface area contributed by atoms with E-state index >= 15 is 0 Å². The zero-order valence-corrected chi connectivity index (χ0v) is 7.61. The van der Waals surface area contributed by atoms with Crippen molar-refractivity contribution in [3.63, 3.8) is 0 Å². The van der Waals surface area contributed by atoms with Crippen molar-refractivity contribution in [2.75, 3.05) is 0 Å². The van der Waals surface area contributed by atoms with Crippen molar-refractivity contribution in [1.82, 2.24) is 9.78 Å². The Morgan fingerprint density at radius 1 is 1.46 bits per heavy atom. The quantitative estimate of drug-likeness (QED) is 0.617. The predicted molar refractivity (Wildman–Crippen MR) is 50.8 cm³/mol. The highest BCUT2D eigenvalue weighted by Crippen LogP contribution is 2.19. The fraction of sp³-hybridized carbons (Fsp3) is 0.200. The van der Waals surface area contributed by atoms with E-state index in [4.69, 9.17) is 0 Å². The van der Waals surface area contributed by atoms with Crippen molar-refractivity contribution in [3.8, 4) is 0 Å². The first-order valence-corrected chi connectivity index (χ1v) is 4.11. The Balaban J connectivity index is 2.94. The van der Waals surface area contributed by atoms with Gasteiger partial charge in [0.1, 0.15) is 0 Å². The van der Waals surface area contributed by atoms with Crippen LogP contribution in [-0.4, -0.2) is 16.1 Å². The molecular formula is C10H10N2O. The Bertz CT molecular complexity index is 471. The zero-order chi connectivity index (χ0) is 9.42. The molecule has 0 fully saturated rings. The van der Waals surface area contributed by atoms with Gasteiger partial charge in [0.15, 0.2) is 6.29 Å². The van der Waals surface area contributed by atoms with Crippen LogP contribution in [0, 0.1) is 6.92 Å². The molecule has 0 unspecified atom stereocenters. The van der Waals surface area contributed by atoms with E-state index in [1.807, 2.05) is 32.2 Å². The number of benzene rings is 1. The van der Waals surface area contributed by atoms with Gasteiger partial charge in [-0.3, -0.25) is 9.48 Å². The molecule has 1 aromatic heterocycles. The second kappa shape index (κ2) is 2.69. The first kappa shape index (κ1) is 7.98. The first-order chi connectivity index (χ1) is 6.24. The zero-order valence-electron chi connectivity index (χ0n) is 7.61. The number of hydrogen-bond donors (Lipinski definition) is 0. The fourth-order valence-electron chi connectivity index (χ4n) is 1.53. The number of hydrogen-bond acceptors (Lipinski definition) is 2. The number of rotatable bonds is 1. The summed E-state index contributed by atoms with van der Waals surface area (Å²) in [4.78, 5) is 10.7. The minimum Gasteiger partial charge on any atom is -0.298 e. The number of nitrogens with zero attached hydrogens (tertiary/aromatic N) is 2. The molecule has 3 nitrogen and oxygen atoms in total. The summed E-state index contributed by atoms with van der Waals surface area (Å²) in [5.74, 6) is 0. The van der Waals surface area contributed by atoms with Crippen molar-refractivity contribution < 1.29 is 4.79 Å². The van der Waals surface area contributed by atoms with Crippen molar-refractivity contribution in [2.45, 2.75) is 6.92 Å². The van der Waals surface area contributed by atoms with E-state index in [0.717, 1.165) is 22.9 Å². The van der Waals surface area contributed by atoms with Gasteiger partial charge in [0.25, 0.3) is 0 Å². The van der Waals surface area contributed by atoms with E-state index < -0.39 is 0 Å². The second-order valence-electron chi connectivity index (χ2n) is 3.07. The Morgan fingerprint density at radius 2 is 2.23 bits per heavy atom. The molecule has 66 valence electrons. The molecular weight excluding hydrogens is 164 g/mol. The largest absolute Gasteiger partial charge is 0.298 e. The Labute approximate surface area is 76.0 Å². The van der Waals surface area contributed by atoms with Gasteiger partial charge >= 0.3 is 0 Å². The lowest BCUT2D eigenvalue weighted by Crippen LogP contribution is -1.91. The van der Waals surface area contributed by atoms with E-state index in [1.54, 1.807) is 4.68 Å². The molecule has 3 heteroatoms. The third kappa shape index (κ3) is 1.04. The summed E-state index contributed by atoms with van der Waals surface area (Å²) < 4.78 is 1.79. The number of aldehydes is 1. The Morgan fingerprint density at radius 3 is 2.92 bits per heavy atom. The van der Waals surface area contributed by atoms with Crippen molar-refractivity contribution in [2.24, 2.45) is 7.05 Å². The maximum Gasteiger partial charge on any atom is 0.150 e. The molecule has 0 aliphatic heterocycles. The Kier molecular flexibility index (Phi) is 1.65. The molecule has 0 aliphatic carbocycles. The molecule has 2 rings (SSSR count). The van der Waals surface area contributed by atoms with Crippen molar-refractivity contribution in [1.29, 1.82) is 0 Å². The molecule has 0 saturated carbocycles. The summed E-state index contributed by atoms with van der Waals surface area (Å²) in [6, 6.07) is 5.57. The van der Waals surface area contributed by atoms with Gasteiger partial charge in [-0.15, -0.1) is 0 Å². The van der Waals surface area contributed by atoms with Gasteiger partial charge in [-0.05, 0) is 13.0 Å². The van der Waals surface area contributed by atoms with Crippen LogP contribution in [0.2, 0.25) is 0 Å². The van der Waals surface area contributed by atoms with Crippen molar-refractivity contribution >= 4 is 17.2 Å². The van der Waals surface area contributed by atoms with Gasteiger partial charge in [0.2, 0.25) is 0 Å². The number of aryl methyl sites for hydroxylation is 2. The number of aromatic nitrogens is 2. The number of carbonyl (C=O) groups excluding carboxylic acids is 1. The highest BCUT2D eigenvalue weighted by molar-refractivity contribution is 5.97. The molecule has 13 heavy (non-hydrogen) atoms. The Hall–Kier alpha value is -1.64. The molecule has 0 aliphatic rings. The molecule has 0 atom stereocenters. The minimum atomic E-state index is 0.711. The highest BCUT2D eigenvalue weighted by atomic mass is 16.1. The van der Waals surface area contributed by atoms with E-state index in [-0.39, 0.29) is 0 Å². The van der Waals surface area contributed by atoms with Gasteiger partial charge in [-0.1, -0.05) is 12.1 Å². The summed E-state index contributed by atoms with van der Waals surface area (Å²) >= 11 is 0. The van der Waals surface area contributed by atoms with Crippen molar-refractivity contribution in [3.05, 3.63) is 29.5 Å². The summed E-state index contributed by atoms with van der Waals surface area (Å²) in [6.45, 7) is 1.96. The lowest BCUT2D eigenvalue weighted by atomic mass is 10.1. The van der Waals surface area contributed by atoms with Crippen LogP contribution in [0.4, 0.5) is 0 Å². The summed E-state index contributed by atoms with van der Waals surface area (Å²) in [5.41, 5.74) is 2.62. The molecule has 2 aromatic rings. The van der Waals surface area contributed by atoms with Crippen LogP contribution in [0.5, 0.6) is 0 Å². The molecule has 0 amide bonds. The number of fused-ring (bicyclic) bond motifs is 1. The SMILES string of the molecule is Cc1c2c(C=O)cccc2nn1C.